The van der Waals surface area contributed by atoms with E-state index in [4.69, 9.17) is 14.6 Å². The van der Waals surface area contributed by atoms with Gasteiger partial charge in [0.25, 0.3) is 0 Å². The van der Waals surface area contributed by atoms with Gasteiger partial charge in [-0.2, -0.15) is 0 Å². The zero-order chi connectivity index (χ0) is 26.2. The maximum atomic E-state index is 12.7. The van der Waals surface area contributed by atoms with Crippen molar-refractivity contribution in [3.05, 3.63) is 48.0 Å². The van der Waals surface area contributed by atoms with E-state index < -0.39 is 0 Å². The molecule has 2 N–H and O–H groups in total. The SMILES string of the molecule is CCCCCCCNC(=O)N(C)c1cccc(-c2ccc(CCC(=O)OC)cc2OCCCCO)c1. The zero-order valence-corrected chi connectivity index (χ0v) is 22.1. The number of hydrogen-bond donors (Lipinski definition) is 2. The van der Waals surface area contributed by atoms with Crippen molar-refractivity contribution < 1.29 is 24.2 Å². The fourth-order valence-electron chi connectivity index (χ4n) is 3.87. The Morgan fingerprint density at radius 2 is 1.81 bits per heavy atom. The quantitative estimate of drug-likeness (QED) is 0.228. The van der Waals surface area contributed by atoms with E-state index in [1.54, 1.807) is 11.9 Å². The van der Waals surface area contributed by atoms with Gasteiger partial charge in [0.2, 0.25) is 0 Å². The molecule has 7 heteroatoms. The average Bonchev–Trinajstić information content (AvgIpc) is 2.91. The van der Waals surface area contributed by atoms with Gasteiger partial charge in [0.1, 0.15) is 5.75 Å². The van der Waals surface area contributed by atoms with Gasteiger partial charge in [-0.15, -0.1) is 0 Å². The normalized spacial score (nSPS) is 10.7. The second-order valence-corrected chi connectivity index (χ2v) is 8.94. The number of aliphatic hydroxyl groups is 1. The van der Waals surface area contributed by atoms with Crippen molar-refractivity contribution in [3.8, 4) is 16.9 Å². The molecule has 0 aliphatic carbocycles. The Labute approximate surface area is 215 Å². The lowest BCUT2D eigenvalue weighted by Gasteiger charge is -2.20. The number of rotatable bonds is 16. The first-order valence-electron chi connectivity index (χ1n) is 13.1. The van der Waals surface area contributed by atoms with Crippen molar-refractivity contribution in [3.63, 3.8) is 0 Å². The summed E-state index contributed by atoms with van der Waals surface area (Å²) in [6.07, 6.45) is 8.03. The second-order valence-electron chi connectivity index (χ2n) is 8.94. The van der Waals surface area contributed by atoms with E-state index in [0.717, 1.165) is 41.6 Å². The number of unbranched alkanes of at least 4 members (excludes halogenated alkanes) is 5. The standard InChI is InChI=1S/C29H42N2O5/c1-4-5-6-7-8-18-30-29(34)31(2)25-13-11-12-24(22-25)26-16-14-23(15-17-28(33)35-3)21-27(26)36-20-10-9-19-32/h11-14,16,21-22,32H,4-10,15,17-20H2,1-3H3,(H,30,34). The van der Waals surface area contributed by atoms with Gasteiger partial charge in [-0.25, -0.2) is 4.79 Å². The highest BCUT2D eigenvalue weighted by Crippen LogP contribution is 2.33. The number of hydrogen-bond acceptors (Lipinski definition) is 5. The maximum absolute atomic E-state index is 12.7. The van der Waals surface area contributed by atoms with Gasteiger partial charge in [-0.05, 0) is 55.0 Å². The molecule has 0 spiro atoms. The fraction of sp³-hybridized carbons (Fsp3) is 0.517. The van der Waals surface area contributed by atoms with Crippen LogP contribution < -0.4 is 15.0 Å². The van der Waals surface area contributed by atoms with E-state index in [-0.39, 0.29) is 18.6 Å². The van der Waals surface area contributed by atoms with Gasteiger partial charge in [-0.3, -0.25) is 9.69 Å². The smallest absolute Gasteiger partial charge is 0.321 e. The Balaban J connectivity index is 2.14. The zero-order valence-electron chi connectivity index (χ0n) is 22.1. The highest BCUT2D eigenvalue weighted by molar-refractivity contribution is 5.92. The van der Waals surface area contributed by atoms with Crippen LogP contribution >= 0.6 is 0 Å². The van der Waals surface area contributed by atoms with Gasteiger partial charge < -0.3 is 19.9 Å². The van der Waals surface area contributed by atoms with Crippen molar-refractivity contribution in [2.24, 2.45) is 0 Å². The lowest BCUT2D eigenvalue weighted by atomic mass is 10.00. The summed E-state index contributed by atoms with van der Waals surface area (Å²) in [7, 11) is 3.16. The Morgan fingerprint density at radius 1 is 1.00 bits per heavy atom. The molecule has 2 amide bonds. The lowest BCUT2D eigenvalue weighted by Crippen LogP contribution is -2.37. The molecule has 0 aliphatic heterocycles. The van der Waals surface area contributed by atoms with Crippen molar-refractivity contribution in [2.75, 3.05) is 38.8 Å². The molecule has 0 bridgehead atoms. The summed E-state index contributed by atoms with van der Waals surface area (Å²) in [4.78, 5) is 25.9. The summed E-state index contributed by atoms with van der Waals surface area (Å²) in [5, 5.41) is 12.1. The molecule has 7 nitrogen and oxygen atoms in total. The molecule has 2 aromatic carbocycles. The van der Waals surface area contributed by atoms with Crippen LogP contribution in [0, 0.1) is 0 Å². The Bertz CT molecular complexity index is 947. The van der Waals surface area contributed by atoms with Crippen LogP contribution in [0.4, 0.5) is 10.5 Å². The number of carbonyl (C=O) groups excluding carboxylic acids is 2. The molecular formula is C29H42N2O5. The molecule has 0 saturated carbocycles. The number of carbonyl (C=O) groups is 2. The molecule has 36 heavy (non-hydrogen) atoms. The summed E-state index contributed by atoms with van der Waals surface area (Å²) in [5.74, 6) is 0.464. The summed E-state index contributed by atoms with van der Waals surface area (Å²) in [6.45, 7) is 3.47. The van der Waals surface area contributed by atoms with E-state index in [1.807, 2.05) is 42.5 Å². The predicted molar refractivity (Wildman–Crippen MR) is 145 cm³/mol. The third kappa shape index (κ3) is 9.90. The third-order valence-electron chi connectivity index (χ3n) is 6.11. The number of nitrogens with one attached hydrogen (secondary N) is 1. The first-order valence-corrected chi connectivity index (χ1v) is 13.1. The summed E-state index contributed by atoms with van der Waals surface area (Å²) in [5.41, 5.74) is 3.61. The molecule has 0 saturated heterocycles. The van der Waals surface area contributed by atoms with Crippen LogP contribution in [0.2, 0.25) is 0 Å². The van der Waals surface area contributed by atoms with Gasteiger partial charge in [0.05, 0.1) is 13.7 Å². The minimum Gasteiger partial charge on any atom is -0.493 e. The maximum Gasteiger partial charge on any atom is 0.321 e. The monoisotopic (exact) mass is 498 g/mol. The summed E-state index contributed by atoms with van der Waals surface area (Å²) in [6, 6.07) is 13.6. The van der Waals surface area contributed by atoms with Crippen LogP contribution in [0.5, 0.6) is 5.75 Å². The van der Waals surface area contributed by atoms with Crippen LogP contribution in [0.3, 0.4) is 0 Å². The van der Waals surface area contributed by atoms with Gasteiger partial charge in [0, 0.05) is 37.9 Å². The van der Waals surface area contributed by atoms with Crippen LogP contribution in [0.25, 0.3) is 11.1 Å². The molecule has 0 heterocycles. The van der Waals surface area contributed by atoms with Crippen LogP contribution in [0.15, 0.2) is 42.5 Å². The highest BCUT2D eigenvalue weighted by atomic mass is 16.5. The number of nitrogens with zero attached hydrogens (tertiary/aromatic N) is 1. The topological polar surface area (TPSA) is 88.1 Å². The molecule has 2 aromatic rings. The number of ether oxygens (including phenoxy) is 2. The molecule has 198 valence electrons. The molecule has 0 atom stereocenters. The van der Waals surface area contributed by atoms with Crippen LogP contribution in [0.1, 0.15) is 63.9 Å². The average molecular weight is 499 g/mol. The number of anilines is 1. The molecule has 2 rings (SSSR count). The van der Waals surface area contributed by atoms with Gasteiger partial charge in [0.15, 0.2) is 0 Å². The largest absolute Gasteiger partial charge is 0.493 e. The number of methoxy groups -OCH3 is 1. The Morgan fingerprint density at radius 3 is 2.56 bits per heavy atom. The number of benzene rings is 2. The molecule has 0 radical (unpaired) electrons. The number of amides is 2. The van der Waals surface area contributed by atoms with Crippen molar-refractivity contribution in [2.45, 2.75) is 64.7 Å². The second kappa shape index (κ2) is 16.6. The van der Waals surface area contributed by atoms with Gasteiger partial charge >= 0.3 is 12.0 Å². The highest BCUT2D eigenvalue weighted by Gasteiger charge is 2.14. The van der Waals surface area contributed by atoms with Gasteiger partial charge in [-0.1, -0.05) is 56.9 Å². The first-order chi connectivity index (χ1) is 17.5. The fourth-order valence-corrected chi connectivity index (χ4v) is 3.87. The minimum absolute atomic E-state index is 0.124. The number of urea groups is 1. The lowest BCUT2D eigenvalue weighted by molar-refractivity contribution is -0.140. The van der Waals surface area contributed by atoms with E-state index in [0.29, 0.717) is 38.2 Å². The van der Waals surface area contributed by atoms with Crippen molar-refractivity contribution in [1.29, 1.82) is 0 Å². The first kappa shape index (κ1) is 29.2. The molecule has 0 fully saturated rings. The number of aliphatic hydroxyl groups excluding tert-OH is 1. The predicted octanol–water partition coefficient (Wildman–Crippen LogP) is 5.73. The molecule has 0 aromatic heterocycles. The Kier molecular flexibility index (Phi) is 13.4. The van der Waals surface area contributed by atoms with Crippen LogP contribution in [-0.4, -0.2) is 51.0 Å². The Hall–Kier alpha value is -3.06. The summed E-state index contributed by atoms with van der Waals surface area (Å²) >= 11 is 0. The van der Waals surface area contributed by atoms with Crippen molar-refractivity contribution in [1.82, 2.24) is 5.32 Å². The van der Waals surface area contributed by atoms with E-state index in [1.165, 1.54) is 26.4 Å². The molecular weight excluding hydrogens is 456 g/mol. The number of esters is 1. The third-order valence-corrected chi connectivity index (χ3v) is 6.11. The van der Waals surface area contributed by atoms with Crippen LogP contribution in [-0.2, 0) is 16.0 Å². The van der Waals surface area contributed by atoms with E-state index in [9.17, 15) is 9.59 Å². The van der Waals surface area contributed by atoms with E-state index >= 15 is 0 Å². The molecule has 0 unspecified atom stereocenters. The minimum atomic E-state index is -0.250. The summed E-state index contributed by atoms with van der Waals surface area (Å²) < 4.78 is 10.8. The van der Waals surface area contributed by atoms with Crippen molar-refractivity contribution >= 4 is 17.7 Å². The molecule has 0 aliphatic rings. The van der Waals surface area contributed by atoms with E-state index in [2.05, 4.69) is 12.2 Å². The number of aryl methyl sites for hydroxylation is 1.